The lowest BCUT2D eigenvalue weighted by Crippen LogP contribution is -2.60. The number of anilines is 3. The number of aromatic nitrogens is 1. The molecule has 0 fully saturated rings. The van der Waals surface area contributed by atoms with E-state index in [2.05, 4.69) is 188 Å². The quantitative estimate of drug-likeness (QED) is 0.156. The fourth-order valence-corrected chi connectivity index (χ4v) is 12.1. The molecule has 0 unspecified atom stereocenters. The van der Waals surface area contributed by atoms with E-state index < -0.39 is 0 Å². The Morgan fingerprint density at radius 2 is 1.10 bits per heavy atom. The molecule has 338 valence electrons. The van der Waals surface area contributed by atoms with Crippen LogP contribution in [0.15, 0.2) is 228 Å². The van der Waals surface area contributed by atoms with Gasteiger partial charge in [0.15, 0.2) is 0 Å². The molecule has 0 bridgehead atoms. The third-order valence-electron chi connectivity index (χ3n) is 14.4. The average Bonchev–Trinajstić information content (AvgIpc) is 3.99. The number of fused-ring (bicyclic) bond motifs is 7. The van der Waals surface area contributed by atoms with Crippen molar-refractivity contribution in [2.75, 3.05) is 4.90 Å². The smallest absolute Gasteiger partial charge is 0.249 e. The van der Waals surface area contributed by atoms with Crippen LogP contribution < -0.4 is 21.3 Å². The Morgan fingerprint density at radius 3 is 1.75 bits per heavy atom. The zero-order chi connectivity index (χ0) is 52.1. The Morgan fingerprint density at radius 1 is 0.500 bits per heavy atom. The topological polar surface area (TPSA) is 55.8 Å². The van der Waals surface area contributed by atoms with Crippen molar-refractivity contribution in [2.45, 2.75) is 36.0 Å². The minimum atomic E-state index is -0.298. The minimum Gasteiger partial charge on any atom is -0.310 e. The van der Waals surface area contributed by atoms with Gasteiger partial charge in [0.05, 0.1) is 45.5 Å². The molecule has 0 N–H and O–H groups in total. The number of benzene rings is 10. The maximum absolute atomic E-state index is 10.1. The molecule has 0 saturated heterocycles. The number of rotatable bonds is 6. The van der Waals surface area contributed by atoms with Crippen LogP contribution in [0, 0.1) is 22.7 Å². The van der Waals surface area contributed by atoms with E-state index >= 15 is 0 Å². The number of hydrogen-bond donors (Lipinski definition) is 0. The molecule has 3 heterocycles. The van der Waals surface area contributed by atoms with Gasteiger partial charge in [0.25, 0.3) is 0 Å². The van der Waals surface area contributed by atoms with E-state index in [0.717, 1.165) is 110 Å². The number of nitrogens with zero attached hydrogens (tertiary/aromatic N) is 4. The molecule has 10 aromatic carbocycles. The van der Waals surface area contributed by atoms with Crippen molar-refractivity contribution in [1.29, 1.82) is 10.5 Å². The lowest BCUT2D eigenvalue weighted by molar-refractivity contribution is 0.591. The van der Waals surface area contributed by atoms with E-state index in [1.165, 1.54) is 0 Å². The first-order valence-corrected chi connectivity index (χ1v) is 25.0. The summed E-state index contributed by atoms with van der Waals surface area (Å²) in [5.74, 6) is 0. The molecule has 0 atom stereocenters. The van der Waals surface area contributed by atoms with Crippen molar-refractivity contribution in [3.05, 3.63) is 235 Å². The summed E-state index contributed by atoms with van der Waals surface area (Å²) in [5.41, 5.74) is 18.1. The standard InChI is InChI=1S/C66H45BN4S/c1-66(2,3)50-29-31-59-55(37-50)54-23-10-11-26-58(54)70(59)51-38-61-64-63(39-51)72-62-32-28-49(47-22-13-16-43(34-47)41-69)36-57(62)67(64)56-35-48(46-21-12-15-42(33-46)40-68)27-30-60(56)71(61)65-52(44-17-6-4-7-18-44)24-14-25-53(65)45-19-8-5-9-20-45/h4-39H,1-3H3/i10D,11D,23D,26D. The summed E-state index contributed by atoms with van der Waals surface area (Å²) in [7, 11) is 0. The molecule has 13 rings (SSSR count). The maximum atomic E-state index is 10.1. The Labute approximate surface area is 430 Å². The van der Waals surface area contributed by atoms with Crippen LogP contribution in [0.1, 0.15) is 42.9 Å². The van der Waals surface area contributed by atoms with E-state index in [0.29, 0.717) is 22.0 Å². The number of para-hydroxylation sites is 2. The molecule has 0 saturated carbocycles. The van der Waals surface area contributed by atoms with Crippen molar-refractivity contribution < 1.29 is 5.48 Å². The SMILES string of the molecule is [2H]c1c([2H])c([2H])c2c(c1[2H])c1cc(C(C)(C)C)ccc1n2-c1cc2c3c(c1)N(c1c(-c4ccccc4)cccc1-c1ccccc1)c1ccc(-c4cccc(C#N)c4)cc1B3c1cc(-c3cccc(C#N)c3)ccc1S2. The van der Waals surface area contributed by atoms with Gasteiger partial charge in [-0.05, 0) is 122 Å². The van der Waals surface area contributed by atoms with Gasteiger partial charge in [-0.25, -0.2) is 0 Å². The number of nitriles is 2. The first kappa shape index (κ1) is 39.0. The van der Waals surface area contributed by atoms with E-state index in [1.807, 2.05) is 48.5 Å². The second-order valence-electron chi connectivity index (χ2n) is 19.6. The Kier molecular flexibility index (Phi) is 9.18. The summed E-state index contributed by atoms with van der Waals surface area (Å²) in [5, 5.41) is 21.3. The van der Waals surface area contributed by atoms with Crippen LogP contribution in [-0.2, 0) is 5.41 Å². The zero-order valence-corrected chi connectivity index (χ0v) is 40.6. The fourth-order valence-electron chi connectivity index (χ4n) is 10.9. The molecule has 11 aromatic rings. The van der Waals surface area contributed by atoms with Gasteiger partial charge in [0.2, 0.25) is 6.71 Å². The van der Waals surface area contributed by atoms with Crippen LogP contribution in [0.5, 0.6) is 0 Å². The zero-order valence-electron chi connectivity index (χ0n) is 43.7. The number of hydrogen-bond acceptors (Lipinski definition) is 4. The molecule has 2 aliphatic heterocycles. The molecule has 4 nitrogen and oxygen atoms in total. The van der Waals surface area contributed by atoms with Crippen molar-refractivity contribution in [2.24, 2.45) is 0 Å². The molecule has 0 aliphatic carbocycles. The molecule has 1 aromatic heterocycles. The van der Waals surface area contributed by atoms with Gasteiger partial charge in [0, 0.05) is 48.8 Å². The summed E-state index contributed by atoms with van der Waals surface area (Å²) in [4.78, 5) is 4.52. The molecule has 2 aliphatic rings. The van der Waals surface area contributed by atoms with E-state index in [-0.39, 0.29) is 36.3 Å². The summed E-state index contributed by atoms with van der Waals surface area (Å²) >= 11 is 1.70. The van der Waals surface area contributed by atoms with Gasteiger partial charge in [-0.1, -0.05) is 190 Å². The van der Waals surface area contributed by atoms with Crippen LogP contribution in [0.4, 0.5) is 17.1 Å². The highest BCUT2D eigenvalue weighted by Gasteiger charge is 2.43. The lowest BCUT2D eigenvalue weighted by atomic mass is 9.34. The van der Waals surface area contributed by atoms with Crippen molar-refractivity contribution >= 4 is 73.7 Å². The molecule has 0 radical (unpaired) electrons. The predicted octanol–water partition coefficient (Wildman–Crippen LogP) is 15.3. The predicted molar refractivity (Wildman–Crippen MR) is 301 cm³/mol. The summed E-state index contributed by atoms with van der Waals surface area (Å²) in [6, 6.07) is 71.1. The Bertz CT molecular complexity index is 4280. The lowest BCUT2D eigenvalue weighted by Gasteiger charge is -2.42. The van der Waals surface area contributed by atoms with Gasteiger partial charge in [-0.3, -0.25) is 0 Å². The fraction of sp³-hybridized carbons (Fsp3) is 0.0606. The van der Waals surface area contributed by atoms with Gasteiger partial charge in [-0.2, -0.15) is 10.5 Å². The van der Waals surface area contributed by atoms with Crippen molar-refractivity contribution in [3.8, 4) is 62.3 Å². The summed E-state index contributed by atoms with van der Waals surface area (Å²) in [6.07, 6.45) is 0. The third-order valence-corrected chi connectivity index (χ3v) is 15.5. The maximum Gasteiger partial charge on any atom is 0.249 e. The van der Waals surface area contributed by atoms with Gasteiger partial charge in [-0.15, -0.1) is 0 Å². The first-order valence-electron chi connectivity index (χ1n) is 26.1. The molecule has 72 heavy (non-hydrogen) atoms. The summed E-state index contributed by atoms with van der Waals surface area (Å²) < 4.78 is 39.2. The van der Waals surface area contributed by atoms with Gasteiger partial charge in [0.1, 0.15) is 0 Å². The molecule has 0 amide bonds. The van der Waals surface area contributed by atoms with Crippen molar-refractivity contribution in [1.82, 2.24) is 4.57 Å². The van der Waals surface area contributed by atoms with Crippen LogP contribution in [0.2, 0.25) is 0 Å². The molecular weight excluding hydrogens is 892 g/mol. The second kappa shape index (κ2) is 17.0. The monoisotopic (exact) mass is 940 g/mol. The Balaban J connectivity index is 1.18. The van der Waals surface area contributed by atoms with E-state index in [9.17, 15) is 13.3 Å². The normalized spacial score (nSPS) is 13.3. The van der Waals surface area contributed by atoms with Crippen LogP contribution in [0.3, 0.4) is 0 Å². The van der Waals surface area contributed by atoms with E-state index in [1.54, 1.807) is 11.8 Å². The largest absolute Gasteiger partial charge is 0.310 e. The highest BCUT2D eigenvalue weighted by molar-refractivity contribution is 8.00. The second-order valence-corrected chi connectivity index (χ2v) is 20.7. The highest BCUT2D eigenvalue weighted by Crippen LogP contribution is 2.50. The van der Waals surface area contributed by atoms with Crippen LogP contribution in [-0.4, -0.2) is 11.3 Å². The Hall–Kier alpha value is -8.81. The minimum absolute atomic E-state index is 0.0689. The molecule has 6 heteroatoms. The molecular formula is C66H45BN4S. The van der Waals surface area contributed by atoms with Gasteiger partial charge >= 0.3 is 0 Å². The average molecular weight is 941 g/mol. The van der Waals surface area contributed by atoms with E-state index in [4.69, 9.17) is 2.74 Å². The van der Waals surface area contributed by atoms with Gasteiger partial charge < -0.3 is 9.47 Å². The van der Waals surface area contributed by atoms with Crippen LogP contribution >= 0.6 is 11.8 Å². The third kappa shape index (κ3) is 7.06. The first-order chi connectivity index (χ1) is 36.9. The summed E-state index contributed by atoms with van der Waals surface area (Å²) in [6.45, 7) is 6.17. The highest BCUT2D eigenvalue weighted by atomic mass is 32.2. The van der Waals surface area contributed by atoms with Crippen LogP contribution in [0.25, 0.3) is 72.0 Å². The molecule has 0 spiro atoms. The van der Waals surface area contributed by atoms with Crippen molar-refractivity contribution in [3.63, 3.8) is 0 Å².